The van der Waals surface area contributed by atoms with Crippen molar-refractivity contribution in [3.63, 3.8) is 0 Å². The summed E-state index contributed by atoms with van der Waals surface area (Å²) in [4.78, 5) is 15.5. The molecule has 0 spiro atoms. The van der Waals surface area contributed by atoms with Gasteiger partial charge in [0.1, 0.15) is 5.75 Å². The van der Waals surface area contributed by atoms with E-state index in [-0.39, 0.29) is 12.5 Å². The molecule has 0 radical (unpaired) electrons. The minimum absolute atomic E-state index is 0.153. The van der Waals surface area contributed by atoms with Crippen LogP contribution in [-0.2, 0) is 4.79 Å². The minimum Gasteiger partial charge on any atom is -0.497 e. The number of rotatable bonds is 6. The van der Waals surface area contributed by atoms with Crippen molar-refractivity contribution in [2.75, 3.05) is 38.2 Å². The van der Waals surface area contributed by atoms with Crippen LogP contribution < -0.4 is 9.64 Å². The third kappa shape index (κ3) is 4.11. The molecule has 5 nitrogen and oxygen atoms in total. The fraction of sp³-hybridized carbons (Fsp3) is 0.562. The highest BCUT2D eigenvalue weighted by molar-refractivity contribution is 5.67. The second kappa shape index (κ2) is 7.31. The smallest absolute Gasteiger partial charge is 0.304 e. The molecule has 0 saturated carbocycles. The Morgan fingerprint density at radius 2 is 1.86 bits per heavy atom. The molecule has 1 fully saturated rings. The predicted octanol–water partition coefficient (Wildman–Crippen LogP) is 2.07. The Morgan fingerprint density at radius 1 is 1.24 bits per heavy atom. The van der Waals surface area contributed by atoms with Crippen LogP contribution in [0.1, 0.15) is 19.8 Å². The van der Waals surface area contributed by atoms with E-state index in [2.05, 4.69) is 28.9 Å². The van der Waals surface area contributed by atoms with Crippen molar-refractivity contribution in [2.24, 2.45) is 0 Å². The van der Waals surface area contributed by atoms with Crippen molar-refractivity contribution in [1.29, 1.82) is 0 Å². The molecule has 0 bridgehead atoms. The number of ether oxygens (including phenoxy) is 1. The van der Waals surface area contributed by atoms with Crippen LogP contribution in [0.4, 0.5) is 5.69 Å². The van der Waals surface area contributed by atoms with Crippen LogP contribution >= 0.6 is 0 Å². The Labute approximate surface area is 126 Å². The topological polar surface area (TPSA) is 53.0 Å². The number of aliphatic carboxylic acids is 1. The summed E-state index contributed by atoms with van der Waals surface area (Å²) in [6.07, 6.45) is 1.12. The SMILES string of the molecule is CCC(CC(=O)O)N1CCN(c2ccc(OC)cc2)CC1. The van der Waals surface area contributed by atoms with Gasteiger partial charge < -0.3 is 14.7 Å². The van der Waals surface area contributed by atoms with Crippen molar-refractivity contribution in [3.05, 3.63) is 24.3 Å². The fourth-order valence-corrected chi connectivity index (χ4v) is 2.87. The molecule has 1 unspecified atom stereocenters. The van der Waals surface area contributed by atoms with Gasteiger partial charge in [-0.2, -0.15) is 0 Å². The summed E-state index contributed by atoms with van der Waals surface area (Å²) in [5.41, 5.74) is 1.20. The number of benzene rings is 1. The van der Waals surface area contributed by atoms with E-state index in [0.29, 0.717) is 0 Å². The largest absolute Gasteiger partial charge is 0.497 e. The number of piperazine rings is 1. The summed E-state index contributed by atoms with van der Waals surface area (Å²) in [5, 5.41) is 8.98. The monoisotopic (exact) mass is 292 g/mol. The van der Waals surface area contributed by atoms with Crippen molar-refractivity contribution in [1.82, 2.24) is 4.90 Å². The van der Waals surface area contributed by atoms with Gasteiger partial charge in [0, 0.05) is 37.9 Å². The average molecular weight is 292 g/mol. The molecule has 1 saturated heterocycles. The molecule has 1 aliphatic rings. The average Bonchev–Trinajstić information content (AvgIpc) is 2.53. The Hall–Kier alpha value is -1.75. The predicted molar refractivity (Wildman–Crippen MR) is 83.1 cm³/mol. The summed E-state index contributed by atoms with van der Waals surface area (Å²) in [6, 6.07) is 8.24. The third-order valence-electron chi connectivity index (χ3n) is 4.15. The van der Waals surface area contributed by atoms with Crippen LogP contribution in [0.5, 0.6) is 5.75 Å². The van der Waals surface area contributed by atoms with Gasteiger partial charge in [0.05, 0.1) is 13.5 Å². The van der Waals surface area contributed by atoms with Crippen molar-refractivity contribution in [2.45, 2.75) is 25.8 Å². The lowest BCUT2D eigenvalue weighted by atomic mass is 10.1. The Morgan fingerprint density at radius 3 is 2.33 bits per heavy atom. The normalized spacial score (nSPS) is 17.5. The van der Waals surface area contributed by atoms with Gasteiger partial charge in [-0.3, -0.25) is 9.69 Å². The van der Waals surface area contributed by atoms with E-state index in [0.717, 1.165) is 38.3 Å². The number of carboxylic acids is 1. The van der Waals surface area contributed by atoms with E-state index in [4.69, 9.17) is 9.84 Å². The van der Waals surface area contributed by atoms with E-state index in [1.807, 2.05) is 12.1 Å². The summed E-state index contributed by atoms with van der Waals surface area (Å²) < 4.78 is 5.17. The van der Waals surface area contributed by atoms with Gasteiger partial charge in [-0.15, -0.1) is 0 Å². The number of methoxy groups -OCH3 is 1. The molecule has 5 heteroatoms. The summed E-state index contributed by atoms with van der Waals surface area (Å²) in [7, 11) is 1.67. The molecular formula is C16H24N2O3. The highest BCUT2D eigenvalue weighted by atomic mass is 16.5. The highest BCUT2D eigenvalue weighted by Crippen LogP contribution is 2.21. The van der Waals surface area contributed by atoms with Gasteiger partial charge >= 0.3 is 5.97 Å². The summed E-state index contributed by atoms with van der Waals surface area (Å²) in [5.74, 6) is 0.157. The lowest BCUT2D eigenvalue weighted by molar-refractivity contribution is -0.138. The molecule has 1 heterocycles. The number of nitrogens with zero attached hydrogens (tertiary/aromatic N) is 2. The van der Waals surface area contributed by atoms with E-state index in [9.17, 15) is 4.79 Å². The first-order valence-electron chi connectivity index (χ1n) is 7.49. The zero-order chi connectivity index (χ0) is 15.2. The number of hydrogen-bond donors (Lipinski definition) is 1. The number of anilines is 1. The van der Waals surface area contributed by atoms with Gasteiger partial charge in [0.15, 0.2) is 0 Å². The van der Waals surface area contributed by atoms with E-state index >= 15 is 0 Å². The standard InChI is InChI=1S/C16H24N2O3/c1-3-13(12-16(19)20)17-8-10-18(11-9-17)14-4-6-15(21-2)7-5-14/h4-7,13H,3,8-12H2,1-2H3,(H,19,20). The number of carboxylic acid groups (broad SMARTS) is 1. The van der Waals surface area contributed by atoms with Crippen LogP contribution in [0.25, 0.3) is 0 Å². The molecular weight excluding hydrogens is 268 g/mol. The second-order valence-electron chi connectivity index (χ2n) is 5.38. The molecule has 1 aromatic rings. The van der Waals surface area contributed by atoms with Crippen molar-refractivity contribution >= 4 is 11.7 Å². The van der Waals surface area contributed by atoms with Crippen LogP contribution in [0.15, 0.2) is 24.3 Å². The molecule has 2 rings (SSSR count). The van der Waals surface area contributed by atoms with E-state index in [1.54, 1.807) is 7.11 Å². The molecule has 1 atom stereocenters. The maximum absolute atomic E-state index is 10.9. The number of carbonyl (C=O) groups is 1. The molecule has 1 aromatic carbocycles. The minimum atomic E-state index is -0.709. The lowest BCUT2D eigenvalue weighted by Crippen LogP contribution is -2.50. The first-order chi connectivity index (χ1) is 10.1. The Balaban J connectivity index is 1.91. The molecule has 0 aromatic heterocycles. The highest BCUT2D eigenvalue weighted by Gasteiger charge is 2.24. The summed E-state index contributed by atoms with van der Waals surface area (Å²) >= 11 is 0. The molecule has 0 amide bonds. The first kappa shape index (κ1) is 15.6. The van der Waals surface area contributed by atoms with E-state index < -0.39 is 5.97 Å². The second-order valence-corrected chi connectivity index (χ2v) is 5.38. The van der Waals surface area contributed by atoms with Crippen molar-refractivity contribution in [3.8, 4) is 5.75 Å². The van der Waals surface area contributed by atoms with Crippen LogP contribution in [0, 0.1) is 0 Å². The Kier molecular flexibility index (Phi) is 5.44. The number of hydrogen-bond acceptors (Lipinski definition) is 4. The van der Waals surface area contributed by atoms with Gasteiger partial charge in [0.25, 0.3) is 0 Å². The van der Waals surface area contributed by atoms with Gasteiger partial charge in [-0.05, 0) is 30.7 Å². The zero-order valence-electron chi connectivity index (χ0n) is 12.8. The van der Waals surface area contributed by atoms with E-state index in [1.165, 1.54) is 5.69 Å². The van der Waals surface area contributed by atoms with Crippen LogP contribution in [-0.4, -0.2) is 55.3 Å². The summed E-state index contributed by atoms with van der Waals surface area (Å²) in [6.45, 7) is 5.75. The first-order valence-corrected chi connectivity index (χ1v) is 7.49. The molecule has 0 aliphatic carbocycles. The lowest BCUT2D eigenvalue weighted by Gasteiger charge is -2.39. The molecule has 1 aliphatic heterocycles. The molecule has 21 heavy (non-hydrogen) atoms. The zero-order valence-corrected chi connectivity index (χ0v) is 12.8. The van der Waals surface area contributed by atoms with Crippen molar-refractivity contribution < 1.29 is 14.6 Å². The van der Waals surface area contributed by atoms with Crippen LogP contribution in [0.3, 0.4) is 0 Å². The quantitative estimate of drug-likeness (QED) is 0.870. The molecule has 1 N–H and O–H groups in total. The van der Waals surface area contributed by atoms with Crippen LogP contribution in [0.2, 0.25) is 0 Å². The molecule has 116 valence electrons. The maximum atomic E-state index is 10.9. The fourth-order valence-electron chi connectivity index (χ4n) is 2.87. The maximum Gasteiger partial charge on any atom is 0.304 e. The van der Waals surface area contributed by atoms with Gasteiger partial charge in [0.2, 0.25) is 0 Å². The Bertz CT molecular complexity index is 453. The van der Waals surface area contributed by atoms with Gasteiger partial charge in [-0.1, -0.05) is 6.92 Å². The third-order valence-corrected chi connectivity index (χ3v) is 4.15. The van der Waals surface area contributed by atoms with Gasteiger partial charge in [-0.25, -0.2) is 0 Å².